The number of anilines is 1. The molecule has 0 aliphatic heterocycles. The quantitative estimate of drug-likeness (QED) is 0.768. The number of halogens is 5. The number of carbonyl (C=O) groups excluding carboxylic acids is 1. The van der Waals surface area contributed by atoms with Gasteiger partial charge in [0.15, 0.2) is 6.54 Å². The van der Waals surface area contributed by atoms with Crippen molar-refractivity contribution >= 4 is 23.2 Å². The summed E-state index contributed by atoms with van der Waals surface area (Å²) in [5, 5.41) is 3.67. The molecular weight excluding hydrogens is 360 g/mol. The summed E-state index contributed by atoms with van der Waals surface area (Å²) in [4.78, 5) is 12.0. The van der Waals surface area contributed by atoms with Crippen LogP contribution in [0.1, 0.15) is 24.1 Å². The lowest BCUT2D eigenvalue weighted by Gasteiger charge is -2.15. The Morgan fingerprint density at radius 1 is 1.20 bits per heavy atom. The third-order valence-corrected chi connectivity index (χ3v) is 3.95. The lowest BCUT2D eigenvalue weighted by atomic mass is 10.1. The van der Waals surface area contributed by atoms with E-state index in [2.05, 4.69) is 5.32 Å². The van der Waals surface area contributed by atoms with Crippen LogP contribution in [-0.2, 0) is 11.0 Å². The van der Waals surface area contributed by atoms with Gasteiger partial charge in [0.05, 0.1) is 16.3 Å². The Kier molecular flexibility index (Phi) is 6.02. The Bertz CT molecular complexity index is 747. The molecule has 25 heavy (non-hydrogen) atoms. The van der Waals surface area contributed by atoms with E-state index in [4.69, 9.17) is 11.6 Å². The van der Waals surface area contributed by atoms with Crippen molar-refractivity contribution < 1.29 is 27.7 Å². The Morgan fingerprint density at radius 3 is 2.44 bits per heavy atom. The second-order valence-corrected chi connectivity index (χ2v) is 5.90. The van der Waals surface area contributed by atoms with Crippen molar-refractivity contribution in [1.82, 2.24) is 0 Å². The number of carbonyl (C=O) groups is 1. The highest BCUT2D eigenvalue weighted by molar-refractivity contribution is 6.34. The van der Waals surface area contributed by atoms with Crippen LogP contribution in [0.2, 0.25) is 5.02 Å². The first-order chi connectivity index (χ1) is 11.7. The molecule has 0 aliphatic rings. The van der Waals surface area contributed by atoms with E-state index in [1.165, 1.54) is 24.3 Å². The molecule has 1 atom stereocenters. The van der Waals surface area contributed by atoms with Gasteiger partial charge in [-0.1, -0.05) is 29.8 Å². The number of nitrogens with two attached hydrogens (primary N) is 1. The number of amides is 1. The summed E-state index contributed by atoms with van der Waals surface area (Å²) < 4.78 is 51.9. The minimum atomic E-state index is -4.63. The van der Waals surface area contributed by atoms with Gasteiger partial charge in [-0.05, 0) is 31.2 Å². The molecule has 2 rings (SSSR count). The average Bonchev–Trinajstić information content (AvgIpc) is 2.54. The zero-order chi connectivity index (χ0) is 18.6. The molecule has 0 bridgehead atoms. The highest BCUT2D eigenvalue weighted by atomic mass is 35.5. The van der Waals surface area contributed by atoms with Crippen molar-refractivity contribution in [2.75, 3.05) is 11.9 Å². The van der Waals surface area contributed by atoms with E-state index in [9.17, 15) is 22.4 Å². The van der Waals surface area contributed by atoms with Crippen LogP contribution in [0.4, 0.5) is 23.2 Å². The molecule has 1 amide bonds. The predicted molar refractivity (Wildman–Crippen MR) is 86.7 cm³/mol. The smallest absolute Gasteiger partial charge is 0.333 e. The summed E-state index contributed by atoms with van der Waals surface area (Å²) in [5.74, 6) is -0.986. The average molecular weight is 376 g/mol. The Balaban J connectivity index is 2.02. The number of para-hydroxylation sites is 1. The normalized spacial score (nSPS) is 12.7. The highest BCUT2D eigenvalue weighted by Crippen LogP contribution is 2.38. The topological polar surface area (TPSA) is 45.7 Å². The van der Waals surface area contributed by atoms with E-state index < -0.39 is 23.3 Å². The summed E-state index contributed by atoms with van der Waals surface area (Å²) in [5.41, 5.74) is -0.660. The first kappa shape index (κ1) is 19.2. The van der Waals surface area contributed by atoms with Gasteiger partial charge < -0.3 is 10.6 Å². The highest BCUT2D eigenvalue weighted by Gasteiger charge is 2.34. The molecule has 0 saturated carbocycles. The molecular formula is C17H16ClF4N2O+. The zero-order valence-electron chi connectivity index (χ0n) is 13.2. The minimum absolute atomic E-state index is 0.110. The van der Waals surface area contributed by atoms with Gasteiger partial charge in [0.25, 0.3) is 5.91 Å². The van der Waals surface area contributed by atoms with Gasteiger partial charge in [0.1, 0.15) is 11.9 Å². The van der Waals surface area contributed by atoms with E-state index >= 15 is 0 Å². The lowest BCUT2D eigenvalue weighted by molar-refractivity contribution is -0.682. The van der Waals surface area contributed by atoms with E-state index in [-0.39, 0.29) is 23.4 Å². The fourth-order valence-corrected chi connectivity index (χ4v) is 2.49. The molecule has 0 unspecified atom stereocenters. The second kappa shape index (κ2) is 7.84. The molecule has 134 valence electrons. The number of alkyl halides is 3. The molecule has 0 radical (unpaired) electrons. The number of rotatable bonds is 5. The Hall–Kier alpha value is -2.12. The van der Waals surface area contributed by atoms with Crippen molar-refractivity contribution in [2.24, 2.45) is 0 Å². The van der Waals surface area contributed by atoms with Crippen LogP contribution in [0.3, 0.4) is 0 Å². The van der Waals surface area contributed by atoms with Crippen molar-refractivity contribution in [3.05, 3.63) is 64.4 Å². The monoisotopic (exact) mass is 375 g/mol. The maximum atomic E-state index is 13.0. The fourth-order valence-electron chi connectivity index (χ4n) is 2.26. The number of benzene rings is 2. The van der Waals surface area contributed by atoms with Crippen LogP contribution in [0, 0.1) is 5.82 Å². The summed E-state index contributed by atoms with van der Waals surface area (Å²) in [7, 11) is 0. The summed E-state index contributed by atoms with van der Waals surface area (Å²) >= 11 is 5.79. The van der Waals surface area contributed by atoms with E-state index in [0.29, 0.717) is 0 Å². The van der Waals surface area contributed by atoms with E-state index in [0.717, 1.165) is 11.6 Å². The van der Waals surface area contributed by atoms with Crippen molar-refractivity contribution in [2.45, 2.75) is 19.1 Å². The van der Waals surface area contributed by atoms with Gasteiger partial charge in [0.2, 0.25) is 0 Å². The number of nitrogens with one attached hydrogen (secondary N) is 1. The molecule has 2 aromatic carbocycles. The van der Waals surface area contributed by atoms with Crippen molar-refractivity contribution in [3.8, 4) is 0 Å². The number of quaternary nitrogens is 1. The largest absolute Gasteiger partial charge is 0.418 e. The van der Waals surface area contributed by atoms with E-state index in [1.54, 1.807) is 24.4 Å². The first-order valence-corrected chi connectivity index (χ1v) is 7.80. The van der Waals surface area contributed by atoms with Crippen LogP contribution in [0.15, 0.2) is 42.5 Å². The van der Waals surface area contributed by atoms with Gasteiger partial charge in [-0.15, -0.1) is 0 Å². The third kappa shape index (κ3) is 5.17. The van der Waals surface area contributed by atoms with Gasteiger partial charge >= 0.3 is 6.18 Å². The number of hydrogen-bond donors (Lipinski definition) is 2. The number of hydrogen-bond acceptors (Lipinski definition) is 1. The van der Waals surface area contributed by atoms with Crippen LogP contribution in [0.25, 0.3) is 0 Å². The van der Waals surface area contributed by atoms with Gasteiger partial charge in [-0.3, -0.25) is 4.79 Å². The molecule has 3 nitrogen and oxygen atoms in total. The fraction of sp³-hybridized carbons (Fsp3) is 0.235. The molecule has 0 aromatic heterocycles. The molecule has 0 heterocycles. The Labute approximate surface area is 147 Å². The second-order valence-electron chi connectivity index (χ2n) is 5.49. The summed E-state index contributed by atoms with van der Waals surface area (Å²) in [6.45, 7) is 1.69. The van der Waals surface area contributed by atoms with Crippen LogP contribution in [-0.4, -0.2) is 12.5 Å². The molecule has 8 heteroatoms. The van der Waals surface area contributed by atoms with Crippen molar-refractivity contribution in [1.29, 1.82) is 0 Å². The maximum absolute atomic E-state index is 13.0. The van der Waals surface area contributed by atoms with Gasteiger partial charge in [-0.2, -0.15) is 13.2 Å². The third-order valence-electron chi connectivity index (χ3n) is 3.64. The maximum Gasteiger partial charge on any atom is 0.418 e. The standard InChI is InChI=1S/C17H15ClF4N2O/c1-10(11-5-7-12(19)8-6-11)23-9-15(25)24-16-13(17(20,21)22)3-2-4-14(16)18/h2-8,10,23H,9H2,1H3,(H,24,25)/p+1/t10-/m1/s1. The molecule has 0 saturated heterocycles. The predicted octanol–water partition coefficient (Wildman–Crippen LogP) is 3.76. The SMILES string of the molecule is C[C@@H]([NH2+]CC(=O)Nc1c(Cl)cccc1C(F)(F)F)c1ccc(F)cc1. The van der Waals surface area contributed by atoms with Gasteiger partial charge in [0, 0.05) is 5.56 Å². The molecule has 0 aliphatic carbocycles. The molecule has 2 aromatic rings. The minimum Gasteiger partial charge on any atom is -0.333 e. The molecule has 0 fully saturated rings. The van der Waals surface area contributed by atoms with Crippen molar-refractivity contribution in [3.63, 3.8) is 0 Å². The lowest BCUT2D eigenvalue weighted by Crippen LogP contribution is -2.86. The van der Waals surface area contributed by atoms with Gasteiger partial charge in [-0.25, -0.2) is 4.39 Å². The molecule has 0 spiro atoms. The zero-order valence-corrected chi connectivity index (χ0v) is 14.0. The Morgan fingerprint density at radius 2 is 1.84 bits per heavy atom. The molecule has 3 N–H and O–H groups in total. The first-order valence-electron chi connectivity index (χ1n) is 7.43. The van der Waals surface area contributed by atoms with Crippen LogP contribution in [0.5, 0.6) is 0 Å². The van der Waals surface area contributed by atoms with Crippen LogP contribution >= 0.6 is 11.6 Å². The summed E-state index contributed by atoms with van der Waals surface area (Å²) in [6.07, 6.45) is -4.63. The summed E-state index contributed by atoms with van der Waals surface area (Å²) in [6, 6.07) is 8.92. The van der Waals surface area contributed by atoms with E-state index in [1.807, 2.05) is 0 Å². The van der Waals surface area contributed by atoms with Crippen LogP contribution < -0.4 is 10.6 Å².